The van der Waals surface area contributed by atoms with Crippen LogP contribution in [0.15, 0.2) is 52.3 Å². The topological polar surface area (TPSA) is 40.1 Å². The van der Waals surface area contributed by atoms with Gasteiger partial charge in [-0.15, -0.1) is 0 Å². The summed E-state index contributed by atoms with van der Waals surface area (Å²) in [5, 5.41) is 10.5. The van der Waals surface area contributed by atoms with Crippen LogP contribution in [-0.4, -0.2) is 49.2 Å². The number of hydrazone groups is 1. The van der Waals surface area contributed by atoms with Crippen LogP contribution in [0.2, 0.25) is 5.02 Å². The summed E-state index contributed by atoms with van der Waals surface area (Å²) in [6.45, 7) is 2.89. The zero-order chi connectivity index (χ0) is 19.6. The molecule has 1 fully saturated rings. The van der Waals surface area contributed by atoms with Crippen LogP contribution in [-0.2, 0) is 4.74 Å². The van der Waals surface area contributed by atoms with Crippen molar-refractivity contribution in [3.8, 4) is 0 Å². The van der Waals surface area contributed by atoms with E-state index in [1.54, 1.807) is 0 Å². The van der Waals surface area contributed by atoms with E-state index in [1.807, 2.05) is 68.1 Å². The molecule has 5 nitrogen and oxygen atoms in total. The van der Waals surface area contributed by atoms with Gasteiger partial charge < -0.3 is 15.0 Å². The molecular formula is C20H28BrClN4O. The van der Waals surface area contributed by atoms with Gasteiger partial charge in [0.05, 0.1) is 6.21 Å². The third kappa shape index (κ3) is 7.20. The van der Waals surface area contributed by atoms with E-state index in [4.69, 9.17) is 21.4 Å². The smallest absolute Gasteiger partial charge is 0.148 e. The fourth-order valence-electron chi connectivity index (χ4n) is 2.76. The van der Waals surface area contributed by atoms with Crippen LogP contribution in [0.1, 0.15) is 31.7 Å². The number of nitrogens with one attached hydrogen (secondary N) is 1. The van der Waals surface area contributed by atoms with Gasteiger partial charge in [-0.05, 0) is 72.1 Å². The standard InChI is InChI=1S/C20H28BrClN4O/c1-16(25(3)15-18(21)10-11-23-2)26(20-9-4-5-12-27-20)24-14-17-7-6-8-19(22)13-17/h6-8,10-11,13-16,20,23H,4-5,9,12H2,1-3H3/b11-10+,18-15+,24-14+. The maximum atomic E-state index is 6.09. The molecule has 7 heteroatoms. The Bertz CT molecular complexity index is 674. The molecule has 2 unspecified atom stereocenters. The van der Waals surface area contributed by atoms with Gasteiger partial charge in [-0.1, -0.05) is 23.7 Å². The van der Waals surface area contributed by atoms with Crippen molar-refractivity contribution in [2.24, 2.45) is 5.10 Å². The van der Waals surface area contributed by atoms with Crippen LogP contribution in [0, 0.1) is 0 Å². The highest BCUT2D eigenvalue weighted by Gasteiger charge is 2.26. The Balaban J connectivity index is 2.19. The molecule has 0 aliphatic carbocycles. The van der Waals surface area contributed by atoms with Crippen LogP contribution < -0.4 is 5.32 Å². The highest BCUT2D eigenvalue weighted by molar-refractivity contribution is 9.11. The van der Waals surface area contributed by atoms with E-state index >= 15 is 0 Å². The maximum Gasteiger partial charge on any atom is 0.148 e. The predicted molar refractivity (Wildman–Crippen MR) is 117 cm³/mol. The molecule has 1 saturated heterocycles. The van der Waals surface area contributed by atoms with E-state index in [-0.39, 0.29) is 12.4 Å². The van der Waals surface area contributed by atoms with Crippen LogP contribution in [0.4, 0.5) is 0 Å². The van der Waals surface area contributed by atoms with Crippen LogP contribution in [0.3, 0.4) is 0 Å². The van der Waals surface area contributed by atoms with Gasteiger partial charge >= 0.3 is 0 Å². The molecule has 27 heavy (non-hydrogen) atoms. The van der Waals surface area contributed by atoms with Crippen molar-refractivity contribution < 1.29 is 4.74 Å². The van der Waals surface area contributed by atoms with Gasteiger partial charge in [-0.3, -0.25) is 0 Å². The van der Waals surface area contributed by atoms with E-state index in [1.165, 1.54) is 0 Å². The highest BCUT2D eigenvalue weighted by Crippen LogP contribution is 2.22. The van der Waals surface area contributed by atoms with E-state index in [0.29, 0.717) is 5.02 Å². The Hall–Kier alpha value is -1.50. The second-order valence-electron chi connectivity index (χ2n) is 6.43. The van der Waals surface area contributed by atoms with Crippen LogP contribution in [0.25, 0.3) is 0 Å². The summed E-state index contributed by atoms with van der Waals surface area (Å²) < 4.78 is 6.96. The van der Waals surface area contributed by atoms with Gasteiger partial charge in [0.2, 0.25) is 0 Å². The summed E-state index contributed by atoms with van der Waals surface area (Å²) in [4.78, 5) is 2.11. The van der Waals surface area contributed by atoms with Gasteiger partial charge in [-0.2, -0.15) is 5.10 Å². The maximum absolute atomic E-state index is 6.09. The molecule has 0 saturated carbocycles. The average Bonchev–Trinajstić information content (AvgIpc) is 2.67. The fourth-order valence-corrected chi connectivity index (χ4v) is 3.41. The van der Waals surface area contributed by atoms with Crippen molar-refractivity contribution in [1.29, 1.82) is 0 Å². The third-order valence-electron chi connectivity index (χ3n) is 4.35. The Labute approximate surface area is 175 Å². The second kappa shape index (κ2) is 11.4. The van der Waals surface area contributed by atoms with Crippen molar-refractivity contribution in [3.05, 3.63) is 57.8 Å². The van der Waals surface area contributed by atoms with E-state index in [2.05, 4.69) is 33.1 Å². The monoisotopic (exact) mass is 454 g/mol. The summed E-state index contributed by atoms with van der Waals surface area (Å²) in [6, 6.07) is 7.67. The van der Waals surface area contributed by atoms with Gasteiger partial charge in [0.1, 0.15) is 12.4 Å². The zero-order valence-electron chi connectivity index (χ0n) is 16.1. The first-order chi connectivity index (χ1) is 13.0. The number of hydrogen-bond acceptors (Lipinski definition) is 5. The van der Waals surface area contributed by atoms with E-state index < -0.39 is 0 Å². The van der Waals surface area contributed by atoms with Crippen LogP contribution >= 0.6 is 27.5 Å². The first-order valence-electron chi connectivity index (χ1n) is 9.14. The number of ether oxygens (including phenoxy) is 1. The molecule has 148 valence electrons. The number of rotatable bonds is 8. The van der Waals surface area contributed by atoms with Crippen LogP contribution in [0.5, 0.6) is 0 Å². The van der Waals surface area contributed by atoms with Gasteiger partial charge in [-0.25, -0.2) is 5.01 Å². The number of halogens is 2. The van der Waals surface area contributed by atoms with Crippen molar-refractivity contribution in [1.82, 2.24) is 15.2 Å². The molecule has 0 spiro atoms. The van der Waals surface area contributed by atoms with Gasteiger partial charge in [0.15, 0.2) is 0 Å². The number of nitrogens with zero attached hydrogens (tertiary/aromatic N) is 3. The van der Waals surface area contributed by atoms with Gasteiger partial charge in [0.25, 0.3) is 0 Å². The Kier molecular flexibility index (Phi) is 9.18. The fraction of sp³-hybridized carbons (Fsp3) is 0.450. The minimum absolute atomic E-state index is 0.0130. The Morgan fingerprint density at radius 3 is 2.93 bits per heavy atom. The molecule has 0 bridgehead atoms. The molecule has 0 aromatic heterocycles. The molecule has 1 aromatic rings. The summed E-state index contributed by atoms with van der Waals surface area (Å²) in [5.74, 6) is 0. The molecule has 1 heterocycles. The molecule has 2 atom stereocenters. The van der Waals surface area contributed by atoms with E-state index in [0.717, 1.165) is 35.9 Å². The van der Waals surface area contributed by atoms with Crippen molar-refractivity contribution in [2.75, 3.05) is 20.7 Å². The normalized spacial score (nSPS) is 19.4. The number of allylic oxidation sites excluding steroid dienone is 2. The summed E-state index contributed by atoms with van der Waals surface area (Å²) in [5.41, 5.74) is 0.965. The second-order valence-corrected chi connectivity index (χ2v) is 7.79. The molecule has 1 aliphatic heterocycles. The molecule has 0 amide bonds. The largest absolute Gasteiger partial charge is 0.394 e. The molecule has 2 rings (SSSR count). The molecule has 1 aromatic carbocycles. The SMILES string of the molecule is CN/C=C/C(Br)=C\N(C)C(C)N(/N=C/c1cccc(Cl)c1)C1CCCCO1. The zero-order valence-corrected chi connectivity index (χ0v) is 18.4. The quantitative estimate of drug-likeness (QED) is 0.266. The minimum Gasteiger partial charge on any atom is -0.394 e. The van der Waals surface area contributed by atoms with Crippen molar-refractivity contribution in [2.45, 2.75) is 38.6 Å². The lowest BCUT2D eigenvalue weighted by molar-refractivity contribution is -0.118. The Morgan fingerprint density at radius 1 is 1.44 bits per heavy atom. The van der Waals surface area contributed by atoms with Gasteiger partial charge in [0, 0.05) is 36.4 Å². The third-order valence-corrected chi connectivity index (χ3v) is 5.05. The lowest BCUT2D eigenvalue weighted by Gasteiger charge is -2.39. The first kappa shape index (κ1) is 21.8. The average molecular weight is 456 g/mol. The first-order valence-corrected chi connectivity index (χ1v) is 10.3. The molecule has 0 radical (unpaired) electrons. The molecule has 1 aliphatic rings. The lowest BCUT2D eigenvalue weighted by atomic mass is 10.2. The molecule has 1 N–H and O–H groups in total. The number of hydrogen-bond donors (Lipinski definition) is 1. The minimum atomic E-state index is -0.0355. The molecular weight excluding hydrogens is 428 g/mol. The lowest BCUT2D eigenvalue weighted by Crippen LogP contribution is -2.47. The summed E-state index contributed by atoms with van der Waals surface area (Å²) in [7, 11) is 3.90. The predicted octanol–water partition coefficient (Wildman–Crippen LogP) is 4.75. The summed E-state index contributed by atoms with van der Waals surface area (Å²) >= 11 is 9.65. The van der Waals surface area contributed by atoms with Crippen molar-refractivity contribution in [3.63, 3.8) is 0 Å². The highest BCUT2D eigenvalue weighted by atomic mass is 79.9. The number of benzene rings is 1. The Morgan fingerprint density at radius 2 is 2.26 bits per heavy atom. The van der Waals surface area contributed by atoms with E-state index in [9.17, 15) is 0 Å². The van der Waals surface area contributed by atoms with Crippen molar-refractivity contribution >= 4 is 33.7 Å². The summed E-state index contributed by atoms with van der Waals surface area (Å²) in [6.07, 6.45) is 10.9.